The molecule has 1 heterocycles. The van der Waals surface area contributed by atoms with Gasteiger partial charge in [-0.25, -0.2) is 4.99 Å². The fourth-order valence-electron chi connectivity index (χ4n) is 1.93. The second-order valence-electron chi connectivity index (χ2n) is 3.37. The molecule has 0 bridgehead atoms. The summed E-state index contributed by atoms with van der Waals surface area (Å²) >= 11 is 0. The van der Waals surface area contributed by atoms with Crippen LogP contribution in [0.2, 0.25) is 0 Å². The number of aliphatic hydroxyl groups is 3. The minimum Gasteiger partial charge on any atom is -0.459 e. The number of nitrogens with zero attached hydrogens (tertiary/aromatic N) is 1. The first kappa shape index (κ1) is 8.74. The first-order chi connectivity index (χ1) is 6.15. The molecule has 0 spiro atoms. The number of rotatable bonds is 1. The van der Waals surface area contributed by atoms with Crippen molar-refractivity contribution in [1.82, 2.24) is 0 Å². The molecule has 13 heavy (non-hydrogen) atoms. The number of fused-ring (bicyclic) bond motifs is 1. The lowest BCUT2D eigenvalue weighted by Crippen LogP contribution is -2.33. The highest BCUT2D eigenvalue weighted by Gasteiger charge is 2.53. The molecule has 0 aromatic rings. The Balaban J connectivity index is 2.21. The molecule has 2 rings (SSSR count). The van der Waals surface area contributed by atoms with E-state index in [2.05, 4.69) is 4.99 Å². The first-order valence-corrected chi connectivity index (χ1v) is 4.12. The molecule has 2 aliphatic rings. The predicted octanol–water partition coefficient (Wildman–Crippen LogP) is -2.59. The Morgan fingerprint density at radius 1 is 1.38 bits per heavy atom. The lowest BCUT2D eigenvalue weighted by Gasteiger charge is -2.17. The molecule has 0 unspecified atom stereocenters. The molecular weight excluding hydrogens is 176 g/mol. The van der Waals surface area contributed by atoms with E-state index in [1.165, 1.54) is 0 Å². The van der Waals surface area contributed by atoms with Crippen LogP contribution >= 0.6 is 0 Å². The third-order valence-corrected chi connectivity index (χ3v) is 2.64. The average molecular weight is 188 g/mol. The van der Waals surface area contributed by atoms with E-state index in [0.717, 1.165) is 0 Å². The Labute approximate surface area is 74.6 Å². The fraction of sp³-hybridized carbons (Fsp3) is 0.857. The zero-order valence-electron chi connectivity index (χ0n) is 6.87. The van der Waals surface area contributed by atoms with Gasteiger partial charge in [-0.1, -0.05) is 0 Å². The van der Waals surface area contributed by atoms with Crippen molar-refractivity contribution in [3.05, 3.63) is 0 Å². The van der Waals surface area contributed by atoms with Crippen molar-refractivity contribution in [2.75, 3.05) is 6.61 Å². The van der Waals surface area contributed by atoms with Crippen LogP contribution in [-0.4, -0.2) is 52.3 Å². The normalized spacial score (nSPS) is 48.5. The molecule has 0 radical (unpaired) electrons. The number of hydrogen-bond donors (Lipinski definition) is 4. The second-order valence-corrected chi connectivity index (χ2v) is 3.37. The average Bonchev–Trinajstić information content (AvgIpc) is 2.54. The summed E-state index contributed by atoms with van der Waals surface area (Å²) in [7, 11) is 0. The van der Waals surface area contributed by atoms with Crippen molar-refractivity contribution in [3.63, 3.8) is 0 Å². The molecule has 0 saturated heterocycles. The van der Waals surface area contributed by atoms with E-state index >= 15 is 0 Å². The molecular formula is C7H12N2O4. The Kier molecular flexibility index (Phi) is 1.90. The van der Waals surface area contributed by atoms with Crippen molar-refractivity contribution in [3.8, 4) is 0 Å². The van der Waals surface area contributed by atoms with Crippen molar-refractivity contribution < 1.29 is 20.1 Å². The van der Waals surface area contributed by atoms with Crippen LogP contribution in [0.4, 0.5) is 0 Å². The van der Waals surface area contributed by atoms with Crippen molar-refractivity contribution in [1.29, 1.82) is 0 Å². The van der Waals surface area contributed by atoms with Crippen LogP contribution in [0.1, 0.15) is 0 Å². The van der Waals surface area contributed by atoms with Gasteiger partial charge >= 0.3 is 0 Å². The molecule has 1 aliphatic carbocycles. The minimum atomic E-state index is -0.997. The van der Waals surface area contributed by atoms with E-state index in [4.69, 9.17) is 15.6 Å². The highest BCUT2D eigenvalue weighted by Crippen LogP contribution is 2.34. The van der Waals surface area contributed by atoms with Gasteiger partial charge in [0.05, 0.1) is 18.6 Å². The summed E-state index contributed by atoms with van der Waals surface area (Å²) in [6.45, 7) is -0.248. The lowest BCUT2D eigenvalue weighted by molar-refractivity contribution is -0.00682. The Morgan fingerprint density at radius 3 is 2.69 bits per heavy atom. The van der Waals surface area contributed by atoms with E-state index in [1.807, 2.05) is 0 Å². The number of nitrogens with two attached hydrogens (primary N) is 1. The fourth-order valence-corrected chi connectivity index (χ4v) is 1.93. The molecule has 5 N–H and O–H groups in total. The third kappa shape index (κ3) is 1.10. The Hall–Kier alpha value is -0.850. The lowest BCUT2D eigenvalue weighted by atomic mass is 10.1. The predicted molar refractivity (Wildman–Crippen MR) is 42.9 cm³/mol. The van der Waals surface area contributed by atoms with Crippen LogP contribution in [0.15, 0.2) is 4.99 Å². The van der Waals surface area contributed by atoms with Crippen molar-refractivity contribution in [2.45, 2.75) is 24.4 Å². The maximum atomic E-state index is 9.48. The van der Waals surface area contributed by atoms with E-state index in [-0.39, 0.29) is 12.6 Å². The highest BCUT2D eigenvalue weighted by molar-refractivity contribution is 5.74. The van der Waals surface area contributed by atoms with Gasteiger partial charge in [-0.05, 0) is 0 Å². The van der Waals surface area contributed by atoms with Gasteiger partial charge in [-0.2, -0.15) is 0 Å². The summed E-state index contributed by atoms with van der Waals surface area (Å²) in [5.74, 6) is -0.509. The van der Waals surface area contributed by atoms with E-state index < -0.39 is 30.3 Å². The molecule has 6 heteroatoms. The number of hydrogen-bond acceptors (Lipinski definition) is 6. The standard InChI is InChI=1S/C7H12N2O4/c8-7-9-3-5(12)4(11)2(1-10)6(3)13-7/h2-6,10-12H,1H2,(H2,8,9)/t2-,3-,4-,5-,6+/m1/s1. The van der Waals surface area contributed by atoms with Gasteiger partial charge < -0.3 is 25.8 Å². The van der Waals surface area contributed by atoms with Crippen molar-refractivity contribution in [2.24, 2.45) is 16.6 Å². The van der Waals surface area contributed by atoms with Gasteiger partial charge in [0.1, 0.15) is 18.2 Å². The molecule has 74 valence electrons. The topological polar surface area (TPSA) is 108 Å². The van der Waals surface area contributed by atoms with Gasteiger partial charge in [0.25, 0.3) is 6.02 Å². The number of ether oxygens (including phenoxy) is 1. The minimum absolute atomic E-state index is 0.0133. The molecule has 1 saturated carbocycles. The summed E-state index contributed by atoms with van der Waals surface area (Å²) in [5, 5.41) is 27.9. The largest absolute Gasteiger partial charge is 0.459 e. The van der Waals surface area contributed by atoms with Crippen LogP contribution in [0.5, 0.6) is 0 Å². The Bertz CT molecular complexity index is 245. The van der Waals surface area contributed by atoms with Crippen LogP contribution in [0.3, 0.4) is 0 Å². The molecule has 1 fully saturated rings. The molecule has 0 aromatic heterocycles. The number of aliphatic imine (C=N–C) groups is 1. The van der Waals surface area contributed by atoms with Crippen LogP contribution < -0.4 is 5.73 Å². The monoisotopic (exact) mass is 188 g/mol. The molecule has 1 aliphatic heterocycles. The summed E-state index contributed by atoms with van der Waals surface area (Å²) in [6, 6.07) is -0.522. The smallest absolute Gasteiger partial charge is 0.282 e. The maximum absolute atomic E-state index is 9.48. The first-order valence-electron chi connectivity index (χ1n) is 4.12. The SMILES string of the molecule is NC1=N[C@@H]2[C@@H](O)[C@H](O)[C@@H](CO)[C@@H]2O1. The van der Waals surface area contributed by atoms with Crippen LogP contribution in [0, 0.1) is 5.92 Å². The maximum Gasteiger partial charge on any atom is 0.282 e. The van der Waals surface area contributed by atoms with Gasteiger partial charge in [-0.15, -0.1) is 0 Å². The van der Waals surface area contributed by atoms with Gasteiger partial charge in [0.2, 0.25) is 0 Å². The third-order valence-electron chi connectivity index (χ3n) is 2.64. The van der Waals surface area contributed by atoms with Gasteiger partial charge in [-0.3, -0.25) is 0 Å². The van der Waals surface area contributed by atoms with E-state index in [0.29, 0.717) is 0 Å². The van der Waals surface area contributed by atoms with E-state index in [9.17, 15) is 10.2 Å². The zero-order chi connectivity index (χ0) is 9.59. The van der Waals surface area contributed by atoms with Crippen LogP contribution in [-0.2, 0) is 4.74 Å². The molecule has 0 aromatic carbocycles. The molecule has 5 atom stereocenters. The van der Waals surface area contributed by atoms with Gasteiger partial charge in [0, 0.05) is 0 Å². The summed E-state index contributed by atoms with van der Waals surface area (Å²) < 4.78 is 5.08. The summed E-state index contributed by atoms with van der Waals surface area (Å²) in [6.07, 6.45) is -2.48. The van der Waals surface area contributed by atoms with Crippen LogP contribution in [0.25, 0.3) is 0 Å². The second kappa shape index (κ2) is 2.83. The number of aliphatic hydroxyl groups excluding tert-OH is 3. The van der Waals surface area contributed by atoms with E-state index in [1.54, 1.807) is 0 Å². The summed E-state index contributed by atoms with van der Waals surface area (Å²) in [4.78, 5) is 3.83. The summed E-state index contributed by atoms with van der Waals surface area (Å²) in [5.41, 5.74) is 5.30. The van der Waals surface area contributed by atoms with Gasteiger partial charge in [0.15, 0.2) is 0 Å². The molecule has 0 amide bonds. The zero-order valence-corrected chi connectivity index (χ0v) is 6.87. The Morgan fingerprint density at radius 2 is 2.08 bits per heavy atom. The number of amidine groups is 1. The molecule has 6 nitrogen and oxygen atoms in total. The quantitative estimate of drug-likeness (QED) is 0.361. The van der Waals surface area contributed by atoms with Crippen molar-refractivity contribution >= 4 is 6.02 Å². The highest BCUT2D eigenvalue weighted by atomic mass is 16.5.